The molecule has 2 rings (SSSR count). The molecule has 1 aliphatic heterocycles. The third-order valence-corrected chi connectivity index (χ3v) is 2.92. The summed E-state index contributed by atoms with van der Waals surface area (Å²) in [6.07, 6.45) is 1.69. The Balaban J connectivity index is 1.93. The Bertz CT molecular complexity index is 382. The number of likely N-dealkylation sites (tertiary alicyclic amines) is 1. The van der Waals surface area contributed by atoms with Crippen LogP contribution in [0.5, 0.6) is 11.5 Å². The molecule has 0 bridgehead atoms. The predicted octanol–water partition coefficient (Wildman–Crippen LogP) is 1.78. The Morgan fingerprint density at radius 2 is 1.88 bits per heavy atom. The summed E-state index contributed by atoms with van der Waals surface area (Å²) in [7, 11) is 0. The molecule has 1 fully saturated rings. The molecule has 1 aromatic rings. The number of carbonyl (C=O) groups excluding carboxylic acids is 1. The highest BCUT2D eigenvalue weighted by Gasteiger charge is 2.24. The number of amides is 1. The average molecular weight is 235 g/mol. The maximum Gasteiger partial charge on any atom is 0.263 e. The molecule has 0 aromatic heterocycles. The van der Waals surface area contributed by atoms with E-state index in [9.17, 15) is 4.79 Å². The minimum atomic E-state index is -0.474. The lowest BCUT2D eigenvalue weighted by atomic mass is 10.3. The molecular weight excluding hydrogens is 218 g/mol. The first kappa shape index (κ1) is 11.8. The van der Waals surface area contributed by atoms with Crippen molar-refractivity contribution in [2.75, 3.05) is 13.1 Å². The number of phenolic OH excluding ortho intramolecular Hbond substituents is 1. The van der Waals surface area contributed by atoms with Crippen molar-refractivity contribution in [1.29, 1.82) is 0 Å². The third kappa shape index (κ3) is 2.90. The Hall–Kier alpha value is -1.71. The van der Waals surface area contributed by atoms with Crippen molar-refractivity contribution in [2.45, 2.75) is 25.9 Å². The number of rotatable bonds is 3. The van der Waals surface area contributed by atoms with Crippen LogP contribution >= 0.6 is 0 Å². The van der Waals surface area contributed by atoms with Crippen molar-refractivity contribution in [3.8, 4) is 11.5 Å². The summed E-state index contributed by atoms with van der Waals surface area (Å²) in [5.74, 6) is 0.828. The minimum absolute atomic E-state index is 0.0376. The molecule has 1 heterocycles. The molecular formula is C13H17NO3. The number of nitrogens with zero attached hydrogens (tertiary/aromatic N) is 1. The Kier molecular flexibility index (Phi) is 3.52. The topological polar surface area (TPSA) is 49.8 Å². The smallest absolute Gasteiger partial charge is 0.263 e. The zero-order valence-corrected chi connectivity index (χ0v) is 9.93. The fraction of sp³-hybridized carbons (Fsp3) is 0.462. The van der Waals surface area contributed by atoms with Gasteiger partial charge in [-0.3, -0.25) is 4.79 Å². The lowest BCUT2D eigenvalue weighted by Gasteiger charge is -2.21. The molecule has 4 heteroatoms. The van der Waals surface area contributed by atoms with E-state index in [2.05, 4.69) is 0 Å². The zero-order valence-electron chi connectivity index (χ0n) is 9.93. The van der Waals surface area contributed by atoms with Gasteiger partial charge in [0.1, 0.15) is 11.5 Å². The fourth-order valence-corrected chi connectivity index (χ4v) is 1.97. The standard InChI is InChI=1S/C13H17NO3/c1-10(13(16)14-8-2-3-9-14)17-12-6-4-11(15)5-7-12/h4-7,10,15H,2-3,8-9H2,1H3. The van der Waals surface area contributed by atoms with E-state index in [0.717, 1.165) is 25.9 Å². The van der Waals surface area contributed by atoms with E-state index in [1.165, 1.54) is 0 Å². The summed E-state index contributed by atoms with van der Waals surface area (Å²) in [5, 5.41) is 9.14. The van der Waals surface area contributed by atoms with Crippen molar-refractivity contribution < 1.29 is 14.6 Å². The van der Waals surface area contributed by atoms with Gasteiger partial charge in [-0.25, -0.2) is 0 Å². The molecule has 1 aliphatic rings. The Labute approximate surface area is 101 Å². The number of aromatic hydroxyl groups is 1. The van der Waals surface area contributed by atoms with E-state index in [1.54, 1.807) is 31.2 Å². The van der Waals surface area contributed by atoms with Crippen LogP contribution in [0.25, 0.3) is 0 Å². The normalized spacial score (nSPS) is 16.9. The van der Waals surface area contributed by atoms with E-state index in [0.29, 0.717) is 5.75 Å². The largest absolute Gasteiger partial charge is 0.508 e. The molecule has 17 heavy (non-hydrogen) atoms. The van der Waals surface area contributed by atoms with Gasteiger partial charge in [-0.2, -0.15) is 0 Å². The predicted molar refractivity (Wildman–Crippen MR) is 64.0 cm³/mol. The first-order valence-corrected chi connectivity index (χ1v) is 5.91. The van der Waals surface area contributed by atoms with Crippen LogP contribution in [0, 0.1) is 0 Å². The van der Waals surface area contributed by atoms with Gasteiger partial charge in [0.15, 0.2) is 6.10 Å². The van der Waals surface area contributed by atoms with Gasteiger partial charge in [-0.05, 0) is 44.0 Å². The second kappa shape index (κ2) is 5.08. The van der Waals surface area contributed by atoms with Gasteiger partial charge in [0, 0.05) is 13.1 Å². The van der Waals surface area contributed by atoms with Gasteiger partial charge >= 0.3 is 0 Å². The van der Waals surface area contributed by atoms with Crippen molar-refractivity contribution in [2.24, 2.45) is 0 Å². The van der Waals surface area contributed by atoms with Gasteiger partial charge in [0.2, 0.25) is 0 Å². The number of hydrogen-bond donors (Lipinski definition) is 1. The molecule has 1 N–H and O–H groups in total. The van der Waals surface area contributed by atoms with E-state index in [-0.39, 0.29) is 11.7 Å². The van der Waals surface area contributed by atoms with Crippen LogP contribution in [0.1, 0.15) is 19.8 Å². The summed E-state index contributed by atoms with van der Waals surface area (Å²) in [6.45, 7) is 3.43. The maximum atomic E-state index is 12.0. The van der Waals surface area contributed by atoms with Crippen LogP contribution in [0.15, 0.2) is 24.3 Å². The van der Waals surface area contributed by atoms with Crippen molar-refractivity contribution >= 4 is 5.91 Å². The van der Waals surface area contributed by atoms with Crippen LogP contribution in [0.4, 0.5) is 0 Å². The van der Waals surface area contributed by atoms with Gasteiger partial charge < -0.3 is 14.7 Å². The summed E-state index contributed by atoms with van der Waals surface area (Å²) in [5.41, 5.74) is 0. The Morgan fingerprint density at radius 1 is 1.29 bits per heavy atom. The lowest BCUT2D eigenvalue weighted by Crippen LogP contribution is -2.38. The third-order valence-electron chi connectivity index (χ3n) is 2.92. The molecule has 0 aliphatic carbocycles. The number of phenols is 1. The molecule has 0 spiro atoms. The minimum Gasteiger partial charge on any atom is -0.508 e. The fourth-order valence-electron chi connectivity index (χ4n) is 1.97. The summed E-state index contributed by atoms with van der Waals surface area (Å²) >= 11 is 0. The second-order valence-electron chi connectivity index (χ2n) is 4.29. The van der Waals surface area contributed by atoms with Crippen molar-refractivity contribution in [1.82, 2.24) is 4.90 Å². The highest BCUT2D eigenvalue weighted by Crippen LogP contribution is 2.18. The highest BCUT2D eigenvalue weighted by molar-refractivity contribution is 5.81. The van der Waals surface area contributed by atoms with Gasteiger partial charge in [-0.15, -0.1) is 0 Å². The van der Waals surface area contributed by atoms with E-state index in [1.807, 2.05) is 4.90 Å². The zero-order chi connectivity index (χ0) is 12.3. The molecule has 1 atom stereocenters. The monoisotopic (exact) mass is 235 g/mol. The molecule has 1 amide bonds. The van der Waals surface area contributed by atoms with Crippen LogP contribution in [-0.2, 0) is 4.79 Å². The summed E-state index contributed by atoms with van der Waals surface area (Å²) in [4.78, 5) is 13.8. The Morgan fingerprint density at radius 3 is 2.47 bits per heavy atom. The molecule has 0 saturated carbocycles. The number of hydrogen-bond acceptors (Lipinski definition) is 3. The number of benzene rings is 1. The van der Waals surface area contributed by atoms with Gasteiger partial charge in [-0.1, -0.05) is 0 Å². The van der Waals surface area contributed by atoms with Gasteiger partial charge in [0.25, 0.3) is 5.91 Å². The first-order valence-electron chi connectivity index (χ1n) is 5.91. The van der Waals surface area contributed by atoms with Gasteiger partial charge in [0.05, 0.1) is 0 Å². The number of ether oxygens (including phenoxy) is 1. The molecule has 1 unspecified atom stereocenters. The van der Waals surface area contributed by atoms with Crippen LogP contribution in [0.3, 0.4) is 0 Å². The average Bonchev–Trinajstić information content (AvgIpc) is 2.84. The summed E-state index contributed by atoms with van der Waals surface area (Å²) in [6, 6.07) is 6.40. The molecule has 1 saturated heterocycles. The van der Waals surface area contributed by atoms with E-state index < -0.39 is 6.10 Å². The second-order valence-corrected chi connectivity index (χ2v) is 4.29. The molecule has 4 nitrogen and oxygen atoms in total. The van der Waals surface area contributed by atoms with Crippen molar-refractivity contribution in [3.63, 3.8) is 0 Å². The maximum absolute atomic E-state index is 12.0. The highest BCUT2D eigenvalue weighted by atomic mass is 16.5. The molecule has 92 valence electrons. The summed E-state index contributed by atoms with van der Waals surface area (Å²) < 4.78 is 5.54. The number of carbonyl (C=O) groups is 1. The first-order chi connectivity index (χ1) is 8.16. The van der Waals surface area contributed by atoms with E-state index >= 15 is 0 Å². The van der Waals surface area contributed by atoms with Crippen molar-refractivity contribution in [3.05, 3.63) is 24.3 Å². The van der Waals surface area contributed by atoms with Crippen LogP contribution in [0.2, 0.25) is 0 Å². The van der Waals surface area contributed by atoms with Crippen LogP contribution in [-0.4, -0.2) is 35.1 Å². The quantitative estimate of drug-likeness (QED) is 0.868. The van der Waals surface area contributed by atoms with E-state index in [4.69, 9.17) is 9.84 Å². The molecule has 1 aromatic carbocycles. The SMILES string of the molecule is CC(Oc1ccc(O)cc1)C(=O)N1CCCC1. The molecule has 0 radical (unpaired) electrons. The lowest BCUT2D eigenvalue weighted by molar-refractivity contribution is -0.136. The van der Waals surface area contributed by atoms with Crippen LogP contribution < -0.4 is 4.74 Å².